The summed E-state index contributed by atoms with van der Waals surface area (Å²) in [5.74, 6) is -0.483. The van der Waals surface area contributed by atoms with Gasteiger partial charge in [0, 0.05) is 18.8 Å². The molecule has 2 aromatic carbocycles. The van der Waals surface area contributed by atoms with E-state index in [1.165, 1.54) is 10.4 Å². The Balaban J connectivity index is 1.56. The first kappa shape index (κ1) is 23.7. The van der Waals surface area contributed by atoms with Crippen LogP contribution < -0.4 is 10.6 Å². The van der Waals surface area contributed by atoms with Gasteiger partial charge < -0.3 is 15.4 Å². The Bertz CT molecular complexity index is 1030. The molecule has 0 saturated carbocycles. The van der Waals surface area contributed by atoms with Gasteiger partial charge in [-0.15, -0.1) is 0 Å². The molecule has 1 heterocycles. The third-order valence-electron chi connectivity index (χ3n) is 5.26. The van der Waals surface area contributed by atoms with Gasteiger partial charge in [0.1, 0.15) is 13.2 Å². The molecule has 0 spiro atoms. The summed E-state index contributed by atoms with van der Waals surface area (Å²) in [7, 11) is -3.64. The lowest BCUT2D eigenvalue weighted by Crippen LogP contribution is -2.33. The van der Waals surface area contributed by atoms with Crippen LogP contribution in [0, 0.1) is 6.92 Å². The molecule has 0 radical (unpaired) electrons. The second-order valence-electron chi connectivity index (χ2n) is 7.76. The molecule has 8 nitrogen and oxygen atoms in total. The molecular formula is C23H29N3O5S. The molecule has 0 aromatic heterocycles. The van der Waals surface area contributed by atoms with Gasteiger partial charge in [-0.1, -0.05) is 49.2 Å². The zero-order valence-corrected chi connectivity index (χ0v) is 19.0. The van der Waals surface area contributed by atoms with Crippen LogP contribution in [0.1, 0.15) is 36.8 Å². The fraction of sp³-hybridized carbons (Fsp3) is 0.391. The number of sulfonamides is 1. The highest BCUT2D eigenvalue weighted by molar-refractivity contribution is 7.89. The van der Waals surface area contributed by atoms with E-state index < -0.39 is 22.0 Å². The number of carbonyl (C=O) groups is 2. The van der Waals surface area contributed by atoms with Crippen molar-refractivity contribution in [3.8, 4) is 0 Å². The van der Waals surface area contributed by atoms with Gasteiger partial charge in [-0.3, -0.25) is 4.79 Å². The second-order valence-corrected chi connectivity index (χ2v) is 9.67. The third-order valence-corrected chi connectivity index (χ3v) is 7.30. The minimum Gasteiger partial charge on any atom is -0.445 e. The fourth-order valence-electron chi connectivity index (χ4n) is 3.51. The molecule has 32 heavy (non-hydrogen) atoms. The Kier molecular flexibility index (Phi) is 8.24. The maximum Gasteiger partial charge on any atom is 0.407 e. The minimum absolute atomic E-state index is 0.101. The van der Waals surface area contributed by atoms with Crippen molar-refractivity contribution in [3.05, 3.63) is 59.7 Å². The van der Waals surface area contributed by atoms with E-state index in [1.54, 1.807) is 19.1 Å². The number of hydrogen-bond donors (Lipinski definition) is 2. The molecule has 3 rings (SSSR count). The van der Waals surface area contributed by atoms with E-state index in [0.29, 0.717) is 24.3 Å². The van der Waals surface area contributed by atoms with Crippen LogP contribution in [0.3, 0.4) is 0 Å². The Hall–Kier alpha value is -2.91. The molecule has 172 valence electrons. The molecule has 2 amide bonds. The van der Waals surface area contributed by atoms with Crippen molar-refractivity contribution in [2.75, 3.05) is 25.0 Å². The second kappa shape index (κ2) is 11.1. The smallest absolute Gasteiger partial charge is 0.407 e. The quantitative estimate of drug-likeness (QED) is 0.660. The molecule has 2 aromatic rings. The van der Waals surface area contributed by atoms with E-state index in [-0.39, 0.29) is 18.0 Å². The Labute approximate surface area is 189 Å². The Morgan fingerprint density at radius 1 is 1.00 bits per heavy atom. The summed E-state index contributed by atoms with van der Waals surface area (Å²) in [5.41, 5.74) is 1.81. The molecule has 1 aliphatic rings. The van der Waals surface area contributed by atoms with Crippen LogP contribution in [0.25, 0.3) is 0 Å². The van der Waals surface area contributed by atoms with Crippen LogP contribution in [0.5, 0.6) is 0 Å². The van der Waals surface area contributed by atoms with Crippen molar-refractivity contribution in [2.24, 2.45) is 0 Å². The number of carbonyl (C=O) groups excluding carboxylic acids is 2. The van der Waals surface area contributed by atoms with Crippen molar-refractivity contribution in [1.29, 1.82) is 0 Å². The average Bonchev–Trinajstić information content (AvgIpc) is 3.08. The predicted molar refractivity (Wildman–Crippen MR) is 122 cm³/mol. The number of amides is 2. The van der Waals surface area contributed by atoms with Crippen LogP contribution in [0.2, 0.25) is 0 Å². The molecule has 0 unspecified atom stereocenters. The first-order valence-electron chi connectivity index (χ1n) is 10.7. The number of rotatable bonds is 7. The van der Waals surface area contributed by atoms with Gasteiger partial charge in [0.2, 0.25) is 15.9 Å². The lowest BCUT2D eigenvalue weighted by atomic mass is 10.2. The van der Waals surface area contributed by atoms with Crippen molar-refractivity contribution >= 4 is 27.7 Å². The zero-order valence-electron chi connectivity index (χ0n) is 18.2. The minimum atomic E-state index is -3.64. The largest absolute Gasteiger partial charge is 0.445 e. The first-order valence-corrected chi connectivity index (χ1v) is 12.2. The van der Waals surface area contributed by atoms with Gasteiger partial charge in [0.15, 0.2) is 0 Å². The summed E-state index contributed by atoms with van der Waals surface area (Å²) in [6.07, 6.45) is 3.04. The number of nitrogens with zero attached hydrogens (tertiary/aromatic N) is 1. The van der Waals surface area contributed by atoms with Crippen molar-refractivity contribution in [1.82, 2.24) is 9.62 Å². The average molecular weight is 460 g/mol. The van der Waals surface area contributed by atoms with Crippen molar-refractivity contribution in [2.45, 2.75) is 44.1 Å². The van der Waals surface area contributed by atoms with Crippen molar-refractivity contribution < 1.29 is 22.7 Å². The summed E-state index contributed by atoms with van der Waals surface area (Å²) < 4.78 is 32.9. The van der Waals surface area contributed by atoms with Gasteiger partial charge in [-0.25, -0.2) is 13.2 Å². The Morgan fingerprint density at radius 3 is 2.38 bits per heavy atom. The SMILES string of the molecule is Cc1ccc(NC(=O)CNC(=O)OCc2ccccc2)cc1S(=O)(=O)N1CCCCCC1. The summed E-state index contributed by atoms with van der Waals surface area (Å²) in [6, 6.07) is 14.0. The third kappa shape index (κ3) is 6.54. The number of ether oxygens (including phenoxy) is 1. The van der Waals surface area contributed by atoms with Crippen LogP contribution in [0.4, 0.5) is 10.5 Å². The van der Waals surface area contributed by atoms with Crippen LogP contribution in [-0.2, 0) is 26.2 Å². The highest BCUT2D eigenvalue weighted by Crippen LogP contribution is 2.25. The molecule has 0 aliphatic carbocycles. The van der Waals surface area contributed by atoms with E-state index in [1.807, 2.05) is 30.3 Å². The zero-order chi connectivity index (χ0) is 23.0. The molecule has 1 saturated heterocycles. The van der Waals surface area contributed by atoms with Gasteiger partial charge >= 0.3 is 6.09 Å². The molecule has 1 fully saturated rings. The van der Waals surface area contributed by atoms with Gasteiger partial charge in [-0.05, 0) is 43.0 Å². The normalized spacial score (nSPS) is 14.9. The van der Waals surface area contributed by atoms with E-state index in [4.69, 9.17) is 4.74 Å². The van der Waals surface area contributed by atoms with E-state index in [9.17, 15) is 18.0 Å². The summed E-state index contributed by atoms with van der Waals surface area (Å²) >= 11 is 0. The van der Waals surface area contributed by atoms with Crippen LogP contribution in [-0.4, -0.2) is 44.4 Å². The van der Waals surface area contributed by atoms with E-state index in [0.717, 1.165) is 31.2 Å². The summed E-state index contributed by atoms with van der Waals surface area (Å²) in [5, 5.41) is 5.02. The molecule has 2 N–H and O–H groups in total. The molecular weight excluding hydrogens is 430 g/mol. The topological polar surface area (TPSA) is 105 Å². The highest BCUT2D eigenvalue weighted by Gasteiger charge is 2.27. The van der Waals surface area contributed by atoms with Gasteiger partial charge in [-0.2, -0.15) is 4.31 Å². The summed E-state index contributed by atoms with van der Waals surface area (Å²) in [6.45, 7) is 2.56. The number of alkyl carbamates (subject to hydrolysis) is 1. The summed E-state index contributed by atoms with van der Waals surface area (Å²) in [4.78, 5) is 24.2. The lowest BCUT2D eigenvalue weighted by molar-refractivity contribution is -0.115. The standard InChI is InChI=1S/C23H29N3O5S/c1-18-11-12-20(15-21(18)32(29,30)26-13-7-2-3-8-14-26)25-22(27)16-24-23(28)31-17-19-9-5-4-6-10-19/h4-6,9-12,15H,2-3,7-8,13-14,16-17H2,1H3,(H,24,28)(H,25,27). The maximum atomic E-state index is 13.1. The highest BCUT2D eigenvalue weighted by atomic mass is 32.2. The number of aryl methyl sites for hydroxylation is 1. The number of anilines is 1. The Morgan fingerprint density at radius 2 is 1.69 bits per heavy atom. The monoisotopic (exact) mass is 459 g/mol. The molecule has 0 atom stereocenters. The van der Waals surface area contributed by atoms with Crippen LogP contribution >= 0.6 is 0 Å². The lowest BCUT2D eigenvalue weighted by Gasteiger charge is -2.21. The number of nitrogens with one attached hydrogen (secondary N) is 2. The molecule has 9 heteroatoms. The van der Waals surface area contributed by atoms with Crippen molar-refractivity contribution in [3.63, 3.8) is 0 Å². The number of hydrogen-bond acceptors (Lipinski definition) is 5. The first-order chi connectivity index (χ1) is 15.4. The van der Waals surface area contributed by atoms with Crippen LogP contribution in [0.15, 0.2) is 53.4 Å². The van der Waals surface area contributed by atoms with E-state index in [2.05, 4.69) is 10.6 Å². The molecule has 1 aliphatic heterocycles. The van der Waals surface area contributed by atoms with Gasteiger partial charge in [0.05, 0.1) is 4.90 Å². The predicted octanol–water partition coefficient (Wildman–Crippen LogP) is 3.42. The van der Waals surface area contributed by atoms with E-state index >= 15 is 0 Å². The van der Waals surface area contributed by atoms with Gasteiger partial charge in [0.25, 0.3) is 0 Å². The molecule has 0 bridgehead atoms. The number of benzene rings is 2. The maximum absolute atomic E-state index is 13.1. The fourth-order valence-corrected chi connectivity index (χ4v) is 5.28.